The van der Waals surface area contributed by atoms with E-state index in [-0.39, 0.29) is 17.8 Å². The van der Waals surface area contributed by atoms with E-state index in [1.165, 1.54) is 0 Å². The van der Waals surface area contributed by atoms with Crippen molar-refractivity contribution < 1.29 is 14.3 Å². The fourth-order valence-corrected chi connectivity index (χ4v) is 2.25. The monoisotopic (exact) mass is 261 g/mol. The number of esters is 1. The molecule has 0 spiro atoms. The number of rotatable bonds is 2. The minimum absolute atomic E-state index is 0.107. The number of benzene rings is 1. The molecule has 1 fully saturated rings. The van der Waals surface area contributed by atoms with Gasteiger partial charge in [0.2, 0.25) is 5.91 Å². The highest BCUT2D eigenvalue weighted by atomic mass is 16.6. The van der Waals surface area contributed by atoms with Crippen LogP contribution in [0.15, 0.2) is 30.3 Å². The lowest BCUT2D eigenvalue weighted by molar-refractivity contribution is -0.157. The molecule has 1 amide bonds. The summed E-state index contributed by atoms with van der Waals surface area (Å²) in [7, 11) is 0. The van der Waals surface area contributed by atoms with Gasteiger partial charge in [-0.3, -0.25) is 4.79 Å². The van der Waals surface area contributed by atoms with Gasteiger partial charge in [0.05, 0.1) is 0 Å². The zero-order valence-corrected chi connectivity index (χ0v) is 11.5. The fourth-order valence-electron chi connectivity index (χ4n) is 2.25. The molecule has 102 valence electrons. The minimum Gasteiger partial charge on any atom is -0.458 e. The number of hydrogen-bond donors (Lipinski definition) is 1. The van der Waals surface area contributed by atoms with Crippen molar-refractivity contribution in [1.82, 2.24) is 5.32 Å². The number of ether oxygens (including phenoxy) is 1. The fraction of sp³-hybridized carbons (Fsp3) is 0.467. The third-order valence-corrected chi connectivity index (χ3v) is 3.01. The predicted octanol–water partition coefficient (Wildman–Crippen LogP) is 2.00. The van der Waals surface area contributed by atoms with E-state index in [1.54, 1.807) is 0 Å². The topological polar surface area (TPSA) is 55.4 Å². The van der Waals surface area contributed by atoms with Crippen LogP contribution in [0.25, 0.3) is 0 Å². The SMILES string of the molecule is CC(C)(C)OC(=O)C1NC(=O)C[C@H]1c1ccccc1. The van der Waals surface area contributed by atoms with E-state index >= 15 is 0 Å². The van der Waals surface area contributed by atoms with Crippen LogP contribution >= 0.6 is 0 Å². The van der Waals surface area contributed by atoms with Crippen LogP contribution in [0.3, 0.4) is 0 Å². The molecule has 2 atom stereocenters. The van der Waals surface area contributed by atoms with Gasteiger partial charge in [-0.1, -0.05) is 30.3 Å². The Balaban J connectivity index is 2.19. The summed E-state index contributed by atoms with van der Waals surface area (Å²) in [6.45, 7) is 5.46. The lowest BCUT2D eigenvalue weighted by Crippen LogP contribution is -2.41. The van der Waals surface area contributed by atoms with Crippen molar-refractivity contribution in [2.45, 2.75) is 44.8 Å². The van der Waals surface area contributed by atoms with Crippen LogP contribution in [0.5, 0.6) is 0 Å². The molecule has 0 saturated carbocycles. The van der Waals surface area contributed by atoms with Gasteiger partial charge in [-0.15, -0.1) is 0 Å². The second kappa shape index (κ2) is 5.03. The highest BCUT2D eigenvalue weighted by molar-refractivity contribution is 5.90. The first-order chi connectivity index (χ1) is 8.87. The maximum atomic E-state index is 12.2. The number of carbonyl (C=O) groups excluding carboxylic acids is 2. The van der Waals surface area contributed by atoms with E-state index in [1.807, 2.05) is 51.1 Å². The summed E-state index contributed by atoms with van der Waals surface area (Å²) >= 11 is 0. The summed E-state index contributed by atoms with van der Waals surface area (Å²) in [6.07, 6.45) is 0.327. The average Bonchev–Trinajstić information content (AvgIpc) is 2.70. The van der Waals surface area contributed by atoms with Crippen LogP contribution in [0.2, 0.25) is 0 Å². The molecule has 1 N–H and O–H groups in total. The van der Waals surface area contributed by atoms with Gasteiger partial charge in [-0.2, -0.15) is 0 Å². The summed E-state index contributed by atoms with van der Waals surface area (Å²) < 4.78 is 5.37. The van der Waals surface area contributed by atoms with Gasteiger partial charge in [0, 0.05) is 12.3 Å². The smallest absolute Gasteiger partial charge is 0.329 e. The third-order valence-electron chi connectivity index (χ3n) is 3.01. The van der Waals surface area contributed by atoms with Crippen LogP contribution in [-0.4, -0.2) is 23.5 Å². The van der Waals surface area contributed by atoms with Gasteiger partial charge in [-0.05, 0) is 26.3 Å². The number of nitrogens with one attached hydrogen (secondary N) is 1. The molecule has 0 aliphatic carbocycles. The summed E-state index contributed by atoms with van der Waals surface area (Å²) in [5.74, 6) is -0.625. The lowest BCUT2D eigenvalue weighted by atomic mass is 9.92. The Hall–Kier alpha value is -1.84. The normalized spacial score (nSPS) is 23.0. The number of amides is 1. The standard InChI is InChI=1S/C15H19NO3/c1-15(2,3)19-14(18)13-11(9-12(17)16-13)10-7-5-4-6-8-10/h4-8,11,13H,9H2,1-3H3,(H,16,17)/t11-,13?/m0/s1. The lowest BCUT2D eigenvalue weighted by Gasteiger charge is -2.24. The van der Waals surface area contributed by atoms with E-state index in [4.69, 9.17) is 4.74 Å². The largest absolute Gasteiger partial charge is 0.458 e. The molecule has 1 aromatic carbocycles. The summed E-state index contributed by atoms with van der Waals surface area (Å²) in [5, 5.41) is 2.71. The highest BCUT2D eigenvalue weighted by Gasteiger charge is 2.40. The van der Waals surface area contributed by atoms with Crippen molar-refractivity contribution in [1.29, 1.82) is 0 Å². The maximum Gasteiger partial charge on any atom is 0.329 e. The summed E-state index contributed by atoms with van der Waals surface area (Å²) in [4.78, 5) is 23.7. The first-order valence-electron chi connectivity index (χ1n) is 6.44. The molecule has 0 radical (unpaired) electrons. The van der Waals surface area contributed by atoms with Crippen LogP contribution in [-0.2, 0) is 14.3 Å². The van der Waals surface area contributed by atoms with Crippen molar-refractivity contribution in [3.8, 4) is 0 Å². The zero-order chi connectivity index (χ0) is 14.0. The van der Waals surface area contributed by atoms with E-state index in [0.29, 0.717) is 6.42 Å². The molecule has 2 rings (SSSR count). The Labute approximate surface area is 113 Å². The number of hydrogen-bond acceptors (Lipinski definition) is 3. The maximum absolute atomic E-state index is 12.2. The van der Waals surface area contributed by atoms with Gasteiger partial charge in [-0.25, -0.2) is 4.79 Å². The van der Waals surface area contributed by atoms with E-state index in [2.05, 4.69) is 5.32 Å². The first kappa shape index (κ1) is 13.6. The Bertz CT molecular complexity index is 476. The van der Waals surface area contributed by atoms with Gasteiger partial charge in [0.25, 0.3) is 0 Å². The first-order valence-corrected chi connectivity index (χ1v) is 6.44. The molecule has 0 bridgehead atoms. The summed E-state index contributed by atoms with van der Waals surface area (Å²) in [6, 6.07) is 9.00. The van der Waals surface area contributed by atoms with E-state index in [9.17, 15) is 9.59 Å². The van der Waals surface area contributed by atoms with Crippen LogP contribution in [0.1, 0.15) is 38.7 Å². The molecular formula is C15H19NO3. The van der Waals surface area contributed by atoms with Crippen molar-refractivity contribution in [2.24, 2.45) is 0 Å². The van der Waals surface area contributed by atoms with Gasteiger partial charge < -0.3 is 10.1 Å². The molecule has 1 aromatic rings. The van der Waals surface area contributed by atoms with Crippen molar-refractivity contribution in [3.63, 3.8) is 0 Å². The second-order valence-electron chi connectivity index (χ2n) is 5.80. The van der Waals surface area contributed by atoms with Crippen LogP contribution in [0.4, 0.5) is 0 Å². The predicted molar refractivity (Wildman–Crippen MR) is 71.6 cm³/mol. The average molecular weight is 261 g/mol. The summed E-state index contributed by atoms with van der Waals surface area (Å²) in [5.41, 5.74) is 0.433. The Morgan fingerprint density at radius 2 is 1.89 bits per heavy atom. The molecular weight excluding hydrogens is 242 g/mol. The zero-order valence-electron chi connectivity index (χ0n) is 11.5. The highest BCUT2D eigenvalue weighted by Crippen LogP contribution is 2.29. The van der Waals surface area contributed by atoms with Crippen molar-refractivity contribution >= 4 is 11.9 Å². The Morgan fingerprint density at radius 3 is 2.47 bits per heavy atom. The molecule has 1 aliphatic heterocycles. The van der Waals surface area contributed by atoms with Crippen molar-refractivity contribution in [3.05, 3.63) is 35.9 Å². The van der Waals surface area contributed by atoms with E-state index < -0.39 is 11.6 Å². The Kier molecular flexibility index (Phi) is 3.60. The van der Waals surface area contributed by atoms with Crippen molar-refractivity contribution in [2.75, 3.05) is 0 Å². The molecule has 4 heteroatoms. The molecule has 0 aromatic heterocycles. The second-order valence-corrected chi connectivity index (χ2v) is 5.80. The molecule has 1 aliphatic rings. The van der Waals surface area contributed by atoms with E-state index in [0.717, 1.165) is 5.56 Å². The molecule has 1 unspecified atom stereocenters. The molecule has 1 heterocycles. The molecule has 1 saturated heterocycles. The van der Waals surface area contributed by atoms with Crippen LogP contribution < -0.4 is 5.32 Å². The van der Waals surface area contributed by atoms with Gasteiger partial charge in [0.15, 0.2) is 0 Å². The number of carbonyl (C=O) groups is 2. The van der Waals surface area contributed by atoms with Gasteiger partial charge >= 0.3 is 5.97 Å². The minimum atomic E-state index is -0.589. The third kappa shape index (κ3) is 3.34. The van der Waals surface area contributed by atoms with Gasteiger partial charge in [0.1, 0.15) is 11.6 Å². The van der Waals surface area contributed by atoms with Crippen LogP contribution in [0, 0.1) is 0 Å². The molecule has 19 heavy (non-hydrogen) atoms. The molecule has 4 nitrogen and oxygen atoms in total. The quantitative estimate of drug-likeness (QED) is 0.828. The Morgan fingerprint density at radius 1 is 1.26 bits per heavy atom.